The summed E-state index contributed by atoms with van der Waals surface area (Å²) in [5.41, 5.74) is 6.41. The van der Waals surface area contributed by atoms with Gasteiger partial charge in [0.25, 0.3) is 0 Å². The summed E-state index contributed by atoms with van der Waals surface area (Å²) in [6, 6.07) is 5.51. The lowest BCUT2D eigenvalue weighted by molar-refractivity contribution is 0.525. The second-order valence-corrected chi connectivity index (χ2v) is 4.15. The molecule has 2 aromatic heterocycles. The Morgan fingerprint density at radius 3 is 2.88 bits per heavy atom. The van der Waals surface area contributed by atoms with Crippen LogP contribution in [0.4, 0.5) is 5.82 Å². The third-order valence-electron chi connectivity index (χ3n) is 2.18. The van der Waals surface area contributed by atoms with Crippen LogP contribution in [0.1, 0.15) is 13.8 Å². The van der Waals surface area contributed by atoms with Crippen molar-refractivity contribution in [3.05, 3.63) is 24.5 Å². The van der Waals surface area contributed by atoms with Crippen LogP contribution in [0.2, 0.25) is 0 Å². The lowest BCUT2D eigenvalue weighted by Crippen LogP contribution is -2.06. The zero-order valence-electron chi connectivity index (χ0n) is 9.46. The molecule has 0 aliphatic heterocycles. The highest BCUT2D eigenvalue weighted by Gasteiger charge is 2.09. The Labute approximate surface area is 94.3 Å². The van der Waals surface area contributed by atoms with E-state index in [1.165, 1.54) is 0 Å². The quantitative estimate of drug-likeness (QED) is 0.847. The topological polar surface area (TPSA) is 69.6 Å². The fourth-order valence-electron chi connectivity index (χ4n) is 1.56. The van der Waals surface area contributed by atoms with E-state index >= 15 is 0 Å². The van der Waals surface area contributed by atoms with Crippen molar-refractivity contribution < 1.29 is 0 Å². The van der Waals surface area contributed by atoms with Crippen molar-refractivity contribution in [1.82, 2.24) is 19.7 Å². The molecule has 0 amide bonds. The highest BCUT2D eigenvalue weighted by molar-refractivity contribution is 5.52. The van der Waals surface area contributed by atoms with E-state index in [2.05, 4.69) is 29.0 Å². The highest BCUT2D eigenvalue weighted by Crippen LogP contribution is 2.16. The van der Waals surface area contributed by atoms with Gasteiger partial charge in [-0.05, 0) is 18.1 Å². The number of pyridine rings is 1. The fraction of sp³-hybridized carbons (Fsp3) is 0.364. The zero-order chi connectivity index (χ0) is 11.5. The van der Waals surface area contributed by atoms with E-state index in [0.29, 0.717) is 11.7 Å². The molecule has 0 radical (unpaired) electrons. The number of rotatable bonds is 3. The Hall–Kier alpha value is -1.91. The molecule has 0 atom stereocenters. The van der Waals surface area contributed by atoms with Gasteiger partial charge in [0.1, 0.15) is 17.8 Å². The SMILES string of the molecule is CC(C)Cn1cnnc1-c1cccc(N)n1. The van der Waals surface area contributed by atoms with E-state index in [4.69, 9.17) is 5.73 Å². The summed E-state index contributed by atoms with van der Waals surface area (Å²) in [5.74, 6) is 1.80. The van der Waals surface area contributed by atoms with Crippen molar-refractivity contribution in [2.75, 3.05) is 5.73 Å². The normalized spacial score (nSPS) is 10.9. The highest BCUT2D eigenvalue weighted by atomic mass is 15.3. The largest absolute Gasteiger partial charge is 0.384 e. The van der Waals surface area contributed by atoms with Crippen LogP contribution in [0.5, 0.6) is 0 Å². The van der Waals surface area contributed by atoms with Crippen molar-refractivity contribution >= 4 is 5.82 Å². The molecule has 16 heavy (non-hydrogen) atoms. The molecule has 0 bridgehead atoms. The lowest BCUT2D eigenvalue weighted by atomic mass is 10.2. The molecule has 0 fully saturated rings. The average Bonchev–Trinajstić information content (AvgIpc) is 2.65. The van der Waals surface area contributed by atoms with Gasteiger partial charge in [-0.25, -0.2) is 4.98 Å². The summed E-state index contributed by atoms with van der Waals surface area (Å²) < 4.78 is 1.99. The van der Waals surface area contributed by atoms with Gasteiger partial charge in [0, 0.05) is 6.54 Å². The summed E-state index contributed by atoms with van der Waals surface area (Å²) in [4.78, 5) is 4.24. The smallest absolute Gasteiger partial charge is 0.182 e. The van der Waals surface area contributed by atoms with Crippen molar-refractivity contribution in [3.63, 3.8) is 0 Å². The number of nitrogens with zero attached hydrogens (tertiary/aromatic N) is 4. The summed E-state index contributed by atoms with van der Waals surface area (Å²) in [7, 11) is 0. The fourth-order valence-corrected chi connectivity index (χ4v) is 1.56. The van der Waals surface area contributed by atoms with Crippen molar-refractivity contribution in [1.29, 1.82) is 0 Å². The number of nitrogen functional groups attached to an aromatic ring is 1. The van der Waals surface area contributed by atoms with Gasteiger partial charge in [-0.1, -0.05) is 19.9 Å². The van der Waals surface area contributed by atoms with Crippen molar-refractivity contribution in [3.8, 4) is 11.5 Å². The van der Waals surface area contributed by atoms with E-state index in [1.54, 1.807) is 12.4 Å². The van der Waals surface area contributed by atoms with E-state index in [0.717, 1.165) is 18.1 Å². The van der Waals surface area contributed by atoms with Crippen LogP contribution in [0, 0.1) is 5.92 Å². The van der Waals surface area contributed by atoms with Crippen molar-refractivity contribution in [2.45, 2.75) is 20.4 Å². The van der Waals surface area contributed by atoms with E-state index < -0.39 is 0 Å². The molecule has 2 rings (SSSR count). The van der Waals surface area contributed by atoms with E-state index in [9.17, 15) is 0 Å². The monoisotopic (exact) mass is 217 g/mol. The number of anilines is 1. The molecule has 0 aliphatic rings. The maximum absolute atomic E-state index is 5.65. The van der Waals surface area contributed by atoms with E-state index in [1.807, 2.05) is 16.7 Å². The molecule has 2 aromatic rings. The molecule has 0 unspecified atom stereocenters. The Bertz CT molecular complexity index is 475. The van der Waals surface area contributed by atoms with Crippen LogP contribution in [0.3, 0.4) is 0 Å². The minimum absolute atomic E-state index is 0.497. The van der Waals surface area contributed by atoms with Crippen LogP contribution in [0.15, 0.2) is 24.5 Å². The van der Waals surface area contributed by atoms with Gasteiger partial charge in [-0.15, -0.1) is 10.2 Å². The summed E-state index contributed by atoms with van der Waals surface area (Å²) in [6.07, 6.45) is 1.72. The first-order valence-corrected chi connectivity index (χ1v) is 5.27. The number of hydrogen-bond donors (Lipinski definition) is 1. The molecule has 5 nitrogen and oxygen atoms in total. The Morgan fingerprint density at radius 2 is 2.19 bits per heavy atom. The van der Waals surface area contributed by atoms with E-state index in [-0.39, 0.29) is 0 Å². The van der Waals surface area contributed by atoms with Crippen LogP contribution in [-0.2, 0) is 6.54 Å². The first kappa shape index (κ1) is 10.6. The second kappa shape index (κ2) is 4.30. The van der Waals surface area contributed by atoms with Gasteiger partial charge in [-0.2, -0.15) is 0 Å². The molecule has 84 valence electrons. The Balaban J connectivity index is 2.37. The Morgan fingerprint density at radius 1 is 1.38 bits per heavy atom. The van der Waals surface area contributed by atoms with Gasteiger partial charge in [0.15, 0.2) is 5.82 Å². The van der Waals surface area contributed by atoms with Gasteiger partial charge >= 0.3 is 0 Å². The van der Waals surface area contributed by atoms with Crippen molar-refractivity contribution in [2.24, 2.45) is 5.92 Å². The number of aromatic nitrogens is 4. The van der Waals surface area contributed by atoms with Gasteiger partial charge in [-0.3, -0.25) is 0 Å². The molecule has 0 spiro atoms. The minimum Gasteiger partial charge on any atom is -0.384 e. The third kappa shape index (κ3) is 2.18. The van der Waals surface area contributed by atoms with Crippen LogP contribution < -0.4 is 5.73 Å². The lowest BCUT2D eigenvalue weighted by Gasteiger charge is -2.08. The maximum atomic E-state index is 5.65. The summed E-state index contributed by atoms with van der Waals surface area (Å²) >= 11 is 0. The van der Waals surface area contributed by atoms with Gasteiger partial charge in [0.2, 0.25) is 0 Å². The molecule has 2 heterocycles. The van der Waals surface area contributed by atoms with Gasteiger partial charge < -0.3 is 10.3 Å². The standard InChI is InChI=1S/C11H15N5/c1-8(2)6-16-7-13-15-11(16)9-4-3-5-10(12)14-9/h3-5,7-8H,6H2,1-2H3,(H2,12,14). The molecule has 2 N–H and O–H groups in total. The summed E-state index contributed by atoms with van der Waals surface area (Å²) in [5, 5.41) is 7.99. The number of nitrogens with two attached hydrogens (primary N) is 1. The van der Waals surface area contributed by atoms with Crippen LogP contribution in [0.25, 0.3) is 11.5 Å². The molecule has 5 heteroatoms. The molecule has 0 saturated carbocycles. The zero-order valence-corrected chi connectivity index (χ0v) is 9.46. The first-order valence-electron chi connectivity index (χ1n) is 5.27. The van der Waals surface area contributed by atoms with Gasteiger partial charge in [0.05, 0.1) is 0 Å². The van der Waals surface area contributed by atoms with Crippen LogP contribution in [-0.4, -0.2) is 19.7 Å². The third-order valence-corrected chi connectivity index (χ3v) is 2.18. The average molecular weight is 217 g/mol. The molecule has 0 saturated heterocycles. The predicted molar refractivity (Wildman–Crippen MR) is 62.5 cm³/mol. The molecular weight excluding hydrogens is 202 g/mol. The molecule has 0 aliphatic carbocycles. The Kier molecular flexibility index (Phi) is 2.85. The maximum Gasteiger partial charge on any atom is 0.182 e. The minimum atomic E-state index is 0.497. The molecular formula is C11H15N5. The second-order valence-electron chi connectivity index (χ2n) is 4.15. The predicted octanol–water partition coefficient (Wildman–Crippen LogP) is 1.58. The molecule has 0 aromatic carbocycles. The first-order chi connectivity index (χ1) is 7.66. The number of hydrogen-bond acceptors (Lipinski definition) is 4. The summed E-state index contributed by atoms with van der Waals surface area (Å²) in [6.45, 7) is 5.17. The van der Waals surface area contributed by atoms with Crippen LogP contribution >= 0.6 is 0 Å².